The van der Waals surface area contributed by atoms with Gasteiger partial charge in [-0.25, -0.2) is 8.78 Å². The summed E-state index contributed by atoms with van der Waals surface area (Å²) in [7, 11) is 0. The monoisotopic (exact) mass is 265 g/mol. The van der Waals surface area contributed by atoms with Gasteiger partial charge in [-0.1, -0.05) is 13.0 Å². The van der Waals surface area contributed by atoms with Gasteiger partial charge >= 0.3 is 0 Å². The maximum absolute atomic E-state index is 14.0. The highest BCUT2D eigenvalue weighted by atomic mass is 19.1. The van der Waals surface area contributed by atoms with Gasteiger partial charge in [-0.3, -0.25) is 0 Å². The van der Waals surface area contributed by atoms with Crippen LogP contribution in [0.4, 0.5) is 8.78 Å². The second-order valence-corrected chi connectivity index (χ2v) is 6.05. The van der Waals surface area contributed by atoms with E-state index in [1.807, 2.05) is 0 Å². The third kappa shape index (κ3) is 2.53. The molecule has 3 atom stereocenters. The number of benzene rings is 1. The van der Waals surface area contributed by atoms with Crippen molar-refractivity contribution in [3.05, 3.63) is 35.4 Å². The molecule has 3 heteroatoms. The molecular formula is C16H21F2N. The highest BCUT2D eigenvalue weighted by molar-refractivity contribution is 5.25. The Hall–Kier alpha value is -0.960. The van der Waals surface area contributed by atoms with Crippen LogP contribution in [0, 0.1) is 29.4 Å². The third-order valence-electron chi connectivity index (χ3n) is 4.68. The predicted molar refractivity (Wildman–Crippen MR) is 71.7 cm³/mol. The molecule has 0 heterocycles. The fourth-order valence-electron chi connectivity index (χ4n) is 3.65. The first-order valence-corrected chi connectivity index (χ1v) is 7.38. The van der Waals surface area contributed by atoms with E-state index in [9.17, 15) is 8.78 Å². The van der Waals surface area contributed by atoms with Gasteiger partial charge in [0.1, 0.15) is 11.6 Å². The van der Waals surface area contributed by atoms with Crippen LogP contribution < -0.4 is 5.32 Å². The lowest BCUT2D eigenvalue weighted by Crippen LogP contribution is -2.30. The van der Waals surface area contributed by atoms with E-state index in [2.05, 4.69) is 12.2 Å². The van der Waals surface area contributed by atoms with Gasteiger partial charge < -0.3 is 5.32 Å². The van der Waals surface area contributed by atoms with E-state index in [1.54, 1.807) is 0 Å². The number of hydrogen-bond acceptors (Lipinski definition) is 1. The average Bonchev–Trinajstić information content (AvgIpc) is 3.00. The summed E-state index contributed by atoms with van der Waals surface area (Å²) in [5, 5.41) is 3.37. The van der Waals surface area contributed by atoms with Gasteiger partial charge in [0.2, 0.25) is 0 Å². The molecule has 0 aliphatic heterocycles. The second-order valence-electron chi connectivity index (χ2n) is 6.05. The number of halogens is 2. The van der Waals surface area contributed by atoms with Crippen LogP contribution >= 0.6 is 0 Å². The highest BCUT2D eigenvalue weighted by Crippen LogP contribution is 2.57. The number of rotatable bonds is 5. The Kier molecular flexibility index (Phi) is 3.57. The van der Waals surface area contributed by atoms with Gasteiger partial charge in [0.05, 0.1) is 0 Å². The quantitative estimate of drug-likeness (QED) is 0.847. The zero-order valence-electron chi connectivity index (χ0n) is 11.3. The van der Waals surface area contributed by atoms with Crippen molar-refractivity contribution >= 4 is 0 Å². The van der Waals surface area contributed by atoms with E-state index in [-0.39, 0.29) is 11.6 Å². The van der Waals surface area contributed by atoms with E-state index >= 15 is 0 Å². The van der Waals surface area contributed by atoms with Gasteiger partial charge in [0.25, 0.3) is 0 Å². The van der Waals surface area contributed by atoms with Crippen LogP contribution in [0.15, 0.2) is 18.2 Å². The van der Waals surface area contributed by atoms with Crippen molar-refractivity contribution in [3.8, 4) is 0 Å². The van der Waals surface area contributed by atoms with Gasteiger partial charge in [0, 0.05) is 11.6 Å². The molecule has 1 aromatic rings. The van der Waals surface area contributed by atoms with E-state index in [0.717, 1.165) is 37.6 Å². The minimum atomic E-state index is -0.408. The van der Waals surface area contributed by atoms with Crippen LogP contribution in [0.2, 0.25) is 0 Å². The van der Waals surface area contributed by atoms with Crippen molar-refractivity contribution in [1.29, 1.82) is 0 Å². The SMILES string of the molecule is CCCNC(c1c(F)cccc1F)C1CC2CC2C1. The molecule has 1 nitrogen and oxygen atoms in total. The molecule has 0 saturated heterocycles. The van der Waals surface area contributed by atoms with Crippen molar-refractivity contribution in [2.24, 2.45) is 17.8 Å². The summed E-state index contributed by atoms with van der Waals surface area (Å²) >= 11 is 0. The second kappa shape index (κ2) is 5.20. The molecule has 0 amide bonds. The lowest BCUT2D eigenvalue weighted by atomic mass is 9.88. The Bertz CT molecular complexity index is 430. The summed E-state index contributed by atoms with van der Waals surface area (Å²) in [4.78, 5) is 0. The Balaban J connectivity index is 1.85. The van der Waals surface area contributed by atoms with Crippen LogP contribution in [0.5, 0.6) is 0 Å². The molecule has 2 aliphatic carbocycles. The molecule has 1 aromatic carbocycles. The van der Waals surface area contributed by atoms with Gasteiger partial charge in [-0.05, 0) is 62.1 Å². The van der Waals surface area contributed by atoms with Gasteiger partial charge in [-0.2, -0.15) is 0 Å². The molecule has 19 heavy (non-hydrogen) atoms. The Labute approximate surface area is 113 Å². The first kappa shape index (κ1) is 13.0. The molecule has 0 aromatic heterocycles. The molecule has 0 radical (unpaired) electrons. The first-order valence-electron chi connectivity index (χ1n) is 7.38. The zero-order chi connectivity index (χ0) is 13.4. The van der Waals surface area contributed by atoms with E-state index in [0.29, 0.717) is 5.92 Å². The van der Waals surface area contributed by atoms with Crippen LogP contribution in [0.1, 0.15) is 44.2 Å². The first-order chi connectivity index (χ1) is 9.20. The van der Waals surface area contributed by atoms with Crippen LogP contribution in [-0.2, 0) is 0 Å². The minimum absolute atomic E-state index is 0.158. The normalized spacial score (nSPS) is 30.2. The largest absolute Gasteiger partial charge is 0.310 e. The highest BCUT2D eigenvalue weighted by Gasteiger charge is 2.48. The van der Waals surface area contributed by atoms with E-state index < -0.39 is 11.6 Å². The van der Waals surface area contributed by atoms with E-state index in [1.165, 1.54) is 24.6 Å². The summed E-state index contributed by atoms with van der Waals surface area (Å²) in [6, 6.07) is 4.02. The van der Waals surface area contributed by atoms with Gasteiger partial charge in [0.15, 0.2) is 0 Å². The van der Waals surface area contributed by atoms with Crippen LogP contribution in [0.25, 0.3) is 0 Å². The van der Waals surface area contributed by atoms with Crippen LogP contribution in [-0.4, -0.2) is 6.54 Å². The summed E-state index contributed by atoms with van der Waals surface area (Å²) in [5.41, 5.74) is 0.252. The molecule has 3 rings (SSSR count). The molecule has 2 saturated carbocycles. The molecule has 1 N–H and O–H groups in total. The topological polar surface area (TPSA) is 12.0 Å². The summed E-state index contributed by atoms with van der Waals surface area (Å²) in [6.45, 7) is 2.89. The Morgan fingerprint density at radius 1 is 1.16 bits per heavy atom. The van der Waals surface area contributed by atoms with Crippen molar-refractivity contribution in [1.82, 2.24) is 5.32 Å². The molecule has 2 aliphatic rings. The van der Waals surface area contributed by atoms with Crippen molar-refractivity contribution in [2.45, 2.75) is 38.6 Å². The maximum Gasteiger partial charge on any atom is 0.130 e. The smallest absolute Gasteiger partial charge is 0.130 e. The summed E-state index contributed by atoms with van der Waals surface area (Å²) < 4.78 is 28.0. The Morgan fingerprint density at radius 3 is 2.37 bits per heavy atom. The average molecular weight is 265 g/mol. The molecule has 0 spiro atoms. The molecule has 3 unspecified atom stereocenters. The molecule has 0 bridgehead atoms. The van der Waals surface area contributed by atoms with Gasteiger partial charge in [-0.15, -0.1) is 0 Å². The third-order valence-corrected chi connectivity index (χ3v) is 4.68. The van der Waals surface area contributed by atoms with Crippen molar-refractivity contribution < 1.29 is 8.78 Å². The number of hydrogen-bond donors (Lipinski definition) is 1. The predicted octanol–water partition coefficient (Wildman–Crippen LogP) is 4.05. The standard InChI is InChI=1S/C16H21F2N/c1-2-6-19-16(12-8-10-7-11(10)9-12)15-13(17)4-3-5-14(15)18/h3-5,10-12,16,19H,2,6-9H2,1H3. The van der Waals surface area contributed by atoms with Crippen LogP contribution in [0.3, 0.4) is 0 Å². The van der Waals surface area contributed by atoms with E-state index in [4.69, 9.17) is 0 Å². The number of fused-ring (bicyclic) bond motifs is 1. The maximum atomic E-state index is 14.0. The molecule has 104 valence electrons. The summed E-state index contributed by atoms with van der Waals surface area (Å²) in [5.74, 6) is 1.22. The minimum Gasteiger partial charge on any atom is -0.310 e. The fourth-order valence-corrected chi connectivity index (χ4v) is 3.65. The summed E-state index contributed by atoms with van der Waals surface area (Å²) in [6.07, 6.45) is 4.56. The molecule has 2 fully saturated rings. The lowest BCUT2D eigenvalue weighted by molar-refractivity contribution is 0.323. The number of nitrogens with one attached hydrogen (secondary N) is 1. The molecular weight excluding hydrogens is 244 g/mol. The Morgan fingerprint density at radius 2 is 1.79 bits per heavy atom. The fraction of sp³-hybridized carbons (Fsp3) is 0.625. The zero-order valence-corrected chi connectivity index (χ0v) is 11.3. The van der Waals surface area contributed by atoms with Crippen molar-refractivity contribution in [2.75, 3.05) is 6.54 Å². The lowest BCUT2D eigenvalue weighted by Gasteiger charge is -2.27. The van der Waals surface area contributed by atoms with Crippen molar-refractivity contribution in [3.63, 3.8) is 0 Å².